The summed E-state index contributed by atoms with van der Waals surface area (Å²) in [6, 6.07) is 14.5. The van der Waals surface area contributed by atoms with Gasteiger partial charge in [0.05, 0.1) is 11.6 Å². The second-order valence-corrected chi connectivity index (χ2v) is 9.64. The number of hydrogen-bond donors (Lipinski definition) is 1. The summed E-state index contributed by atoms with van der Waals surface area (Å²) in [5, 5.41) is 12.1. The summed E-state index contributed by atoms with van der Waals surface area (Å²) in [5.74, 6) is 1.48. The molecule has 8 nitrogen and oxygen atoms in total. The minimum absolute atomic E-state index is 0.0150. The highest BCUT2D eigenvalue weighted by Crippen LogP contribution is 2.41. The molecule has 1 saturated heterocycles. The molecule has 0 unspecified atom stereocenters. The van der Waals surface area contributed by atoms with Crippen LogP contribution in [0.2, 0.25) is 0 Å². The number of benzene rings is 1. The third-order valence-electron chi connectivity index (χ3n) is 7.02. The Morgan fingerprint density at radius 2 is 1.77 bits per heavy atom. The van der Waals surface area contributed by atoms with Crippen molar-refractivity contribution in [2.24, 2.45) is 10.9 Å². The van der Waals surface area contributed by atoms with Crippen molar-refractivity contribution in [2.45, 2.75) is 37.6 Å². The molecule has 1 N–H and O–H groups in total. The normalized spacial score (nSPS) is 19.1. The summed E-state index contributed by atoms with van der Waals surface area (Å²) in [4.78, 5) is 39.4. The second kappa shape index (κ2) is 9.87. The van der Waals surface area contributed by atoms with Gasteiger partial charge < -0.3 is 15.1 Å². The van der Waals surface area contributed by atoms with Gasteiger partial charge in [-0.1, -0.05) is 18.9 Å². The number of nitrogens with one attached hydrogen (secondary N) is 1. The molecular formula is C27H30N6O2. The van der Waals surface area contributed by atoms with E-state index in [2.05, 4.69) is 21.3 Å². The topological polar surface area (TPSA) is 102 Å². The predicted molar refractivity (Wildman–Crippen MR) is 132 cm³/mol. The van der Waals surface area contributed by atoms with Gasteiger partial charge in [-0.05, 0) is 61.6 Å². The van der Waals surface area contributed by atoms with Gasteiger partial charge in [-0.3, -0.25) is 14.6 Å². The van der Waals surface area contributed by atoms with Crippen LogP contribution in [0, 0.1) is 17.2 Å². The van der Waals surface area contributed by atoms with Crippen LogP contribution in [0.25, 0.3) is 0 Å². The molecule has 0 atom stereocenters. The zero-order valence-electron chi connectivity index (χ0n) is 19.8. The summed E-state index contributed by atoms with van der Waals surface area (Å²) in [5.41, 5.74) is 1.16. The van der Waals surface area contributed by atoms with E-state index in [1.54, 1.807) is 30.5 Å². The first-order chi connectivity index (χ1) is 17.1. The first kappa shape index (κ1) is 23.0. The van der Waals surface area contributed by atoms with Crippen molar-refractivity contribution in [1.82, 2.24) is 20.1 Å². The molecule has 8 heteroatoms. The standard InChI is InChI=1S/C27H30N6O2/c28-19-21-6-8-22(9-7-21)25(34)33-17-15-32(16-18-33)24(23-3-1-2-13-29-23)31-27(11-12-27)26(35)30-14-10-20-4-5-20/h1-3,6-9,13,20H,4-5,10-12,14-18H2,(H,30,35). The summed E-state index contributed by atoms with van der Waals surface area (Å²) in [7, 11) is 0. The van der Waals surface area contributed by atoms with Gasteiger partial charge in [0.25, 0.3) is 5.91 Å². The predicted octanol–water partition coefficient (Wildman–Crippen LogP) is 2.61. The molecule has 35 heavy (non-hydrogen) atoms. The number of carbonyl (C=O) groups is 2. The molecule has 3 fully saturated rings. The number of aromatic nitrogens is 1. The van der Waals surface area contributed by atoms with Crippen molar-refractivity contribution in [1.29, 1.82) is 5.26 Å². The van der Waals surface area contributed by atoms with Crippen molar-refractivity contribution in [3.8, 4) is 6.07 Å². The van der Waals surface area contributed by atoms with Crippen LogP contribution in [0.15, 0.2) is 53.7 Å². The number of carbonyl (C=O) groups excluding carboxylic acids is 2. The van der Waals surface area contributed by atoms with Crippen LogP contribution in [-0.2, 0) is 4.79 Å². The van der Waals surface area contributed by atoms with Crippen LogP contribution in [0.5, 0.6) is 0 Å². The maximum Gasteiger partial charge on any atom is 0.253 e. The van der Waals surface area contributed by atoms with Crippen LogP contribution in [0.4, 0.5) is 0 Å². The van der Waals surface area contributed by atoms with Gasteiger partial charge in [0.1, 0.15) is 11.2 Å². The smallest absolute Gasteiger partial charge is 0.253 e. The van der Waals surface area contributed by atoms with Crippen LogP contribution in [0.3, 0.4) is 0 Å². The van der Waals surface area contributed by atoms with E-state index in [9.17, 15) is 9.59 Å². The zero-order valence-corrected chi connectivity index (χ0v) is 19.8. The Bertz CT molecular complexity index is 1140. The first-order valence-corrected chi connectivity index (χ1v) is 12.4. The Morgan fingerprint density at radius 1 is 1.06 bits per heavy atom. The molecule has 2 amide bonds. The van der Waals surface area contributed by atoms with E-state index in [0.717, 1.165) is 43.3 Å². The van der Waals surface area contributed by atoms with Crippen molar-refractivity contribution >= 4 is 17.6 Å². The number of hydrogen-bond acceptors (Lipinski definition) is 5. The highest BCUT2D eigenvalue weighted by molar-refractivity contribution is 6.01. The molecule has 2 heterocycles. The number of rotatable bonds is 7. The van der Waals surface area contributed by atoms with Crippen LogP contribution >= 0.6 is 0 Å². The lowest BCUT2D eigenvalue weighted by Crippen LogP contribution is -2.51. The fraction of sp³-hybridized carbons (Fsp3) is 0.444. The van der Waals surface area contributed by atoms with Gasteiger partial charge >= 0.3 is 0 Å². The van der Waals surface area contributed by atoms with Crippen LogP contribution < -0.4 is 5.32 Å². The van der Waals surface area contributed by atoms with E-state index < -0.39 is 5.54 Å². The Kier molecular flexibility index (Phi) is 6.49. The minimum Gasteiger partial charge on any atom is -0.354 e. The van der Waals surface area contributed by atoms with Crippen molar-refractivity contribution < 1.29 is 9.59 Å². The average molecular weight is 471 g/mol. The Morgan fingerprint density at radius 3 is 2.37 bits per heavy atom. The van der Waals surface area contributed by atoms with Gasteiger partial charge in [0.2, 0.25) is 5.91 Å². The van der Waals surface area contributed by atoms with Crippen molar-refractivity contribution in [3.05, 3.63) is 65.5 Å². The molecule has 1 aromatic carbocycles. The molecule has 5 rings (SSSR count). The van der Waals surface area contributed by atoms with Gasteiger partial charge in [-0.25, -0.2) is 4.99 Å². The fourth-order valence-electron chi connectivity index (χ4n) is 4.45. The quantitative estimate of drug-likeness (QED) is 0.495. The number of nitrogens with zero attached hydrogens (tertiary/aromatic N) is 5. The van der Waals surface area contributed by atoms with Crippen molar-refractivity contribution in [2.75, 3.05) is 32.7 Å². The van der Waals surface area contributed by atoms with Gasteiger partial charge in [0, 0.05) is 44.5 Å². The molecule has 0 bridgehead atoms. The monoisotopic (exact) mass is 470 g/mol. The maximum atomic E-state index is 13.0. The van der Waals surface area contributed by atoms with Gasteiger partial charge in [0.15, 0.2) is 5.84 Å². The SMILES string of the molecule is N#Cc1ccc(C(=O)N2CCN(C(=NC3(C(=O)NCCC4CC4)CC3)c3ccccn3)CC2)cc1. The minimum atomic E-state index is -0.703. The number of amides is 2. The Hall–Kier alpha value is -3.73. The third-order valence-corrected chi connectivity index (χ3v) is 7.02. The summed E-state index contributed by atoms with van der Waals surface area (Å²) in [6.07, 6.45) is 6.84. The largest absolute Gasteiger partial charge is 0.354 e. The van der Waals surface area contributed by atoms with Crippen LogP contribution in [0.1, 0.15) is 53.7 Å². The van der Waals surface area contributed by atoms with E-state index in [0.29, 0.717) is 37.3 Å². The fourth-order valence-corrected chi connectivity index (χ4v) is 4.45. The molecule has 2 aliphatic carbocycles. The lowest BCUT2D eigenvalue weighted by molar-refractivity contribution is -0.123. The molecular weight excluding hydrogens is 440 g/mol. The average Bonchev–Trinajstić information content (AvgIpc) is 3.84. The third kappa shape index (κ3) is 5.35. The highest BCUT2D eigenvalue weighted by Gasteiger charge is 2.51. The molecule has 3 aliphatic rings. The van der Waals surface area contributed by atoms with E-state index in [4.69, 9.17) is 10.3 Å². The Labute approximate surface area is 205 Å². The summed E-state index contributed by atoms with van der Waals surface area (Å²) < 4.78 is 0. The summed E-state index contributed by atoms with van der Waals surface area (Å²) >= 11 is 0. The second-order valence-electron chi connectivity index (χ2n) is 9.64. The maximum absolute atomic E-state index is 13.0. The van der Waals surface area contributed by atoms with Crippen LogP contribution in [-0.4, -0.2) is 70.7 Å². The number of pyridine rings is 1. The molecule has 1 aromatic heterocycles. The molecule has 0 radical (unpaired) electrons. The van der Waals surface area contributed by atoms with Gasteiger partial charge in [-0.15, -0.1) is 0 Å². The van der Waals surface area contributed by atoms with E-state index in [-0.39, 0.29) is 11.8 Å². The van der Waals surface area contributed by atoms with E-state index in [1.807, 2.05) is 23.1 Å². The molecule has 180 valence electrons. The number of piperazine rings is 1. The molecule has 0 spiro atoms. The van der Waals surface area contributed by atoms with E-state index >= 15 is 0 Å². The number of nitriles is 1. The lowest BCUT2D eigenvalue weighted by Gasteiger charge is -2.36. The van der Waals surface area contributed by atoms with Gasteiger partial charge in [-0.2, -0.15) is 5.26 Å². The first-order valence-electron chi connectivity index (χ1n) is 12.4. The summed E-state index contributed by atoms with van der Waals surface area (Å²) in [6.45, 7) is 3.03. The lowest BCUT2D eigenvalue weighted by atomic mass is 10.1. The van der Waals surface area contributed by atoms with Crippen molar-refractivity contribution in [3.63, 3.8) is 0 Å². The number of amidine groups is 1. The molecule has 2 aromatic rings. The Balaban J connectivity index is 1.28. The number of aliphatic imine (C=N–C) groups is 1. The molecule has 1 aliphatic heterocycles. The highest BCUT2D eigenvalue weighted by atomic mass is 16.2. The van der Waals surface area contributed by atoms with E-state index in [1.165, 1.54) is 12.8 Å². The molecule has 2 saturated carbocycles. The zero-order chi connectivity index (χ0) is 24.3.